The molecule has 0 spiro atoms. The van der Waals surface area contributed by atoms with Crippen molar-refractivity contribution >= 4 is 11.9 Å². The summed E-state index contributed by atoms with van der Waals surface area (Å²) in [5.41, 5.74) is 0.270. The minimum Gasteiger partial charge on any atom is -0.466 e. The van der Waals surface area contributed by atoms with Crippen LogP contribution in [0.1, 0.15) is 13.3 Å². The van der Waals surface area contributed by atoms with Crippen molar-refractivity contribution in [2.24, 2.45) is 0 Å². The minimum atomic E-state index is -0.556. The van der Waals surface area contributed by atoms with Crippen molar-refractivity contribution in [2.75, 3.05) is 21.3 Å². The van der Waals surface area contributed by atoms with Crippen LogP contribution in [0.3, 0.4) is 0 Å². The maximum Gasteiger partial charge on any atom is 0.335 e. The summed E-state index contributed by atoms with van der Waals surface area (Å²) in [6, 6.07) is 0. The van der Waals surface area contributed by atoms with Crippen molar-refractivity contribution in [1.82, 2.24) is 5.32 Å². The Balaban J connectivity index is 4.60. The quantitative estimate of drug-likeness (QED) is 0.401. The van der Waals surface area contributed by atoms with Crippen LogP contribution in [0.4, 0.5) is 0 Å². The topological polar surface area (TPSA) is 73.9 Å². The Morgan fingerprint density at radius 3 is 2.19 bits per heavy atom. The summed E-state index contributed by atoms with van der Waals surface area (Å²) < 4.78 is 14.5. The monoisotopic (exact) mass is 231 g/mol. The second kappa shape index (κ2) is 7.84. The molecule has 0 saturated carbocycles. The number of esters is 1. The van der Waals surface area contributed by atoms with E-state index in [1.807, 2.05) is 0 Å². The Hall–Kier alpha value is -1.40. The molecule has 0 aromatic carbocycles. The summed E-state index contributed by atoms with van der Waals surface area (Å²) >= 11 is 0. The van der Waals surface area contributed by atoms with E-state index in [-0.39, 0.29) is 17.9 Å². The Morgan fingerprint density at radius 2 is 1.81 bits per heavy atom. The van der Waals surface area contributed by atoms with Crippen LogP contribution in [0.5, 0.6) is 0 Å². The van der Waals surface area contributed by atoms with Gasteiger partial charge in [0.15, 0.2) is 6.29 Å². The lowest BCUT2D eigenvalue weighted by Gasteiger charge is -2.14. The highest BCUT2D eigenvalue weighted by Gasteiger charge is 2.16. The van der Waals surface area contributed by atoms with Gasteiger partial charge in [-0.1, -0.05) is 0 Å². The fourth-order valence-corrected chi connectivity index (χ4v) is 0.963. The van der Waals surface area contributed by atoms with Crippen molar-refractivity contribution in [3.63, 3.8) is 0 Å². The second-order valence-corrected chi connectivity index (χ2v) is 2.97. The van der Waals surface area contributed by atoms with Crippen LogP contribution in [-0.2, 0) is 23.8 Å². The number of nitrogens with one attached hydrogen (secondary N) is 1. The highest BCUT2D eigenvalue weighted by molar-refractivity contribution is 5.89. The molecule has 0 aromatic heterocycles. The van der Waals surface area contributed by atoms with Gasteiger partial charge in [-0.05, 0) is 0 Å². The third-order valence-electron chi connectivity index (χ3n) is 1.81. The fraction of sp³-hybridized carbons (Fsp3) is 0.600. The molecule has 16 heavy (non-hydrogen) atoms. The summed E-state index contributed by atoms with van der Waals surface area (Å²) in [6.45, 7) is 1.34. The predicted octanol–water partition coefficient (Wildman–Crippen LogP) is 0.188. The Morgan fingerprint density at radius 1 is 1.25 bits per heavy atom. The van der Waals surface area contributed by atoms with E-state index in [0.717, 1.165) is 0 Å². The molecule has 0 bridgehead atoms. The van der Waals surface area contributed by atoms with Gasteiger partial charge >= 0.3 is 5.97 Å². The average Bonchev–Trinajstić information content (AvgIpc) is 2.28. The molecule has 0 heterocycles. The first kappa shape index (κ1) is 14.6. The number of carbonyl (C=O) groups excluding carboxylic acids is 2. The standard InChI is InChI=1S/C10H17NO5/c1-7(12)11-6-8(10(13)16-4)5-9(14-2)15-3/h6,9H,5H2,1-4H3,(H,11,12)/b8-6+. The molecule has 0 radical (unpaired) electrons. The van der Waals surface area contributed by atoms with Gasteiger partial charge in [-0.2, -0.15) is 0 Å². The van der Waals surface area contributed by atoms with Gasteiger partial charge < -0.3 is 19.5 Å². The van der Waals surface area contributed by atoms with E-state index in [1.54, 1.807) is 0 Å². The largest absolute Gasteiger partial charge is 0.466 e. The molecule has 6 nitrogen and oxygen atoms in total. The molecule has 6 heteroatoms. The fourth-order valence-electron chi connectivity index (χ4n) is 0.963. The summed E-state index contributed by atoms with van der Waals surface area (Å²) in [7, 11) is 4.18. The maximum atomic E-state index is 11.3. The lowest BCUT2D eigenvalue weighted by atomic mass is 10.2. The number of rotatable bonds is 6. The summed E-state index contributed by atoms with van der Waals surface area (Å²) in [4.78, 5) is 22.1. The maximum absolute atomic E-state index is 11.3. The third-order valence-corrected chi connectivity index (χ3v) is 1.81. The molecule has 0 unspecified atom stereocenters. The number of amides is 1. The van der Waals surface area contributed by atoms with Crippen LogP contribution in [-0.4, -0.2) is 39.5 Å². The average molecular weight is 231 g/mol. The molecular formula is C10H17NO5. The van der Waals surface area contributed by atoms with Crippen LogP contribution in [0.2, 0.25) is 0 Å². The van der Waals surface area contributed by atoms with Crippen molar-refractivity contribution in [3.8, 4) is 0 Å². The Kier molecular flexibility index (Phi) is 7.15. The normalized spacial score (nSPS) is 11.4. The Labute approximate surface area is 94.5 Å². The molecule has 0 aliphatic carbocycles. The Bertz CT molecular complexity index is 270. The van der Waals surface area contributed by atoms with Gasteiger partial charge in [0.25, 0.3) is 0 Å². The zero-order valence-electron chi connectivity index (χ0n) is 9.90. The molecule has 0 aromatic rings. The van der Waals surface area contributed by atoms with Crippen molar-refractivity contribution in [2.45, 2.75) is 19.6 Å². The second-order valence-electron chi connectivity index (χ2n) is 2.97. The van der Waals surface area contributed by atoms with Crippen LogP contribution in [0, 0.1) is 0 Å². The lowest BCUT2D eigenvalue weighted by molar-refractivity contribution is -0.139. The minimum absolute atomic E-state index is 0.194. The predicted molar refractivity (Wildman–Crippen MR) is 56.3 cm³/mol. The highest BCUT2D eigenvalue weighted by Crippen LogP contribution is 2.09. The molecule has 1 N–H and O–H groups in total. The first-order chi connectivity index (χ1) is 7.54. The van der Waals surface area contributed by atoms with E-state index < -0.39 is 12.3 Å². The molecule has 92 valence electrons. The summed E-state index contributed by atoms with van der Waals surface area (Å²) in [5.74, 6) is -0.805. The van der Waals surface area contributed by atoms with Gasteiger partial charge in [0.05, 0.1) is 12.7 Å². The van der Waals surface area contributed by atoms with E-state index in [0.29, 0.717) is 0 Å². The number of carbonyl (C=O) groups is 2. The van der Waals surface area contributed by atoms with Gasteiger partial charge in [-0.25, -0.2) is 4.79 Å². The van der Waals surface area contributed by atoms with E-state index in [2.05, 4.69) is 10.1 Å². The van der Waals surface area contributed by atoms with Crippen LogP contribution >= 0.6 is 0 Å². The number of hydrogen-bond acceptors (Lipinski definition) is 5. The number of hydrogen-bond donors (Lipinski definition) is 1. The highest BCUT2D eigenvalue weighted by atomic mass is 16.7. The first-order valence-corrected chi connectivity index (χ1v) is 4.65. The first-order valence-electron chi connectivity index (χ1n) is 4.65. The number of ether oxygens (including phenoxy) is 3. The molecular weight excluding hydrogens is 214 g/mol. The van der Waals surface area contributed by atoms with Gasteiger partial charge in [0.1, 0.15) is 0 Å². The van der Waals surface area contributed by atoms with Gasteiger partial charge in [0.2, 0.25) is 5.91 Å². The van der Waals surface area contributed by atoms with E-state index >= 15 is 0 Å². The SMILES string of the molecule is COC(=O)/C(=C/NC(C)=O)CC(OC)OC. The smallest absolute Gasteiger partial charge is 0.335 e. The zero-order chi connectivity index (χ0) is 12.6. The molecule has 0 atom stereocenters. The molecule has 0 aliphatic heterocycles. The molecule has 0 fully saturated rings. The molecule has 0 aliphatic rings. The summed E-state index contributed by atoms with van der Waals surface area (Å²) in [6.07, 6.45) is 0.929. The molecule has 1 amide bonds. The van der Waals surface area contributed by atoms with E-state index in [4.69, 9.17) is 9.47 Å². The van der Waals surface area contributed by atoms with E-state index in [9.17, 15) is 9.59 Å². The van der Waals surface area contributed by atoms with Gasteiger partial charge in [-0.3, -0.25) is 4.79 Å². The summed E-state index contributed by atoms with van der Waals surface area (Å²) in [5, 5.41) is 2.40. The van der Waals surface area contributed by atoms with Crippen molar-refractivity contribution in [1.29, 1.82) is 0 Å². The zero-order valence-corrected chi connectivity index (χ0v) is 9.90. The molecule has 0 saturated heterocycles. The van der Waals surface area contributed by atoms with Crippen LogP contribution in [0.15, 0.2) is 11.8 Å². The van der Waals surface area contributed by atoms with Gasteiger partial charge in [0, 0.05) is 33.8 Å². The van der Waals surface area contributed by atoms with Gasteiger partial charge in [-0.15, -0.1) is 0 Å². The van der Waals surface area contributed by atoms with Crippen LogP contribution in [0.25, 0.3) is 0 Å². The van der Waals surface area contributed by atoms with Crippen molar-refractivity contribution < 1.29 is 23.8 Å². The molecule has 0 rings (SSSR count). The van der Waals surface area contributed by atoms with E-state index in [1.165, 1.54) is 34.5 Å². The third kappa shape index (κ3) is 5.47. The van der Waals surface area contributed by atoms with Crippen LogP contribution < -0.4 is 5.32 Å². The lowest BCUT2D eigenvalue weighted by Crippen LogP contribution is -2.21. The number of methoxy groups -OCH3 is 3. The van der Waals surface area contributed by atoms with Crippen molar-refractivity contribution in [3.05, 3.63) is 11.8 Å².